The molecule has 2 atom stereocenters. The first kappa shape index (κ1) is 8.17. The van der Waals surface area contributed by atoms with Gasteiger partial charge in [-0.05, 0) is 18.8 Å². The SMILES string of the molecule is O=C(O)C1=CC2CCCCC2S1. The Balaban J connectivity index is 2.09. The van der Waals surface area contributed by atoms with Gasteiger partial charge in [0.1, 0.15) is 0 Å². The number of fused-ring (bicyclic) bond motifs is 1. The lowest BCUT2D eigenvalue weighted by Crippen LogP contribution is -2.15. The minimum atomic E-state index is -0.741. The average molecular weight is 184 g/mol. The molecule has 0 amide bonds. The number of thioether (sulfide) groups is 1. The number of hydrogen-bond donors (Lipinski definition) is 1. The number of carboxylic acids is 1. The van der Waals surface area contributed by atoms with E-state index in [4.69, 9.17) is 5.11 Å². The molecule has 1 fully saturated rings. The van der Waals surface area contributed by atoms with Crippen LogP contribution >= 0.6 is 11.8 Å². The van der Waals surface area contributed by atoms with Crippen molar-refractivity contribution < 1.29 is 9.90 Å². The van der Waals surface area contributed by atoms with E-state index in [1.807, 2.05) is 6.08 Å². The van der Waals surface area contributed by atoms with Gasteiger partial charge in [0.2, 0.25) is 0 Å². The van der Waals surface area contributed by atoms with Crippen molar-refractivity contribution in [3.63, 3.8) is 0 Å². The molecular weight excluding hydrogens is 172 g/mol. The molecule has 0 aromatic carbocycles. The number of carbonyl (C=O) groups is 1. The smallest absolute Gasteiger partial charge is 0.341 e. The van der Waals surface area contributed by atoms with Crippen LogP contribution in [0.4, 0.5) is 0 Å². The van der Waals surface area contributed by atoms with Gasteiger partial charge in [0.25, 0.3) is 0 Å². The number of rotatable bonds is 1. The number of allylic oxidation sites excluding steroid dienone is 1. The van der Waals surface area contributed by atoms with Gasteiger partial charge < -0.3 is 5.11 Å². The van der Waals surface area contributed by atoms with E-state index in [-0.39, 0.29) is 0 Å². The fraction of sp³-hybridized carbons (Fsp3) is 0.667. The predicted octanol–water partition coefficient (Wildman–Crippen LogP) is 2.26. The summed E-state index contributed by atoms with van der Waals surface area (Å²) in [6.07, 6.45) is 6.88. The standard InChI is InChI=1S/C9H12O2S/c10-9(11)8-5-6-3-1-2-4-7(6)12-8/h5-7H,1-4H2,(H,10,11). The summed E-state index contributed by atoms with van der Waals surface area (Å²) in [5.74, 6) is -0.191. The molecule has 3 heteroatoms. The van der Waals surface area contributed by atoms with Crippen LogP contribution in [-0.2, 0) is 4.79 Å². The van der Waals surface area contributed by atoms with Crippen molar-refractivity contribution in [2.45, 2.75) is 30.9 Å². The van der Waals surface area contributed by atoms with Gasteiger partial charge in [-0.15, -0.1) is 11.8 Å². The molecular formula is C9H12O2S. The predicted molar refractivity (Wildman–Crippen MR) is 49.1 cm³/mol. The Morgan fingerprint density at radius 2 is 2.25 bits per heavy atom. The van der Waals surface area contributed by atoms with Crippen LogP contribution in [0, 0.1) is 5.92 Å². The Morgan fingerprint density at radius 3 is 2.92 bits per heavy atom. The number of hydrogen-bond acceptors (Lipinski definition) is 2. The average Bonchev–Trinajstić information content (AvgIpc) is 2.46. The fourth-order valence-electron chi connectivity index (χ4n) is 1.98. The van der Waals surface area contributed by atoms with E-state index in [0.29, 0.717) is 16.1 Å². The summed E-state index contributed by atoms with van der Waals surface area (Å²) in [7, 11) is 0. The zero-order valence-electron chi connectivity index (χ0n) is 6.82. The van der Waals surface area contributed by atoms with Gasteiger partial charge in [-0.2, -0.15) is 0 Å². The van der Waals surface area contributed by atoms with Crippen LogP contribution in [0.15, 0.2) is 11.0 Å². The van der Waals surface area contributed by atoms with Gasteiger partial charge in [-0.25, -0.2) is 4.79 Å². The first-order valence-corrected chi connectivity index (χ1v) is 5.27. The Morgan fingerprint density at radius 1 is 1.50 bits per heavy atom. The highest BCUT2D eigenvalue weighted by atomic mass is 32.2. The zero-order valence-corrected chi connectivity index (χ0v) is 7.64. The molecule has 66 valence electrons. The van der Waals surface area contributed by atoms with Gasteiger partial charge in [-0.1, -0.05) is 18.9 Å². The van der Waals surface area contributed by atoms with Crippen LogP contribution in [0.25, 0.3) is 0 Å². The normalized spacial score (nSPS) is 34.2. The lowest BCUT2D eigenvalue weighted by atomic mass is 9.89. The minimum absolute atomic E-state index is 0.551. The number of carboxylic acid groups (broad SMARTS) is 1. The van der Waals surface area contributed by atoms with E-state index >= 15 is 0 Å². The molecule has 1 N–H and O–H groups in total. The molecule has 0 spiro atoms. The van der Waals surface area contributed by atoms with Gasteiger partial charge in [0.05, 0.1) is 4.91 Å². The second-order valence-corrected chi connectivity index (χ2v) is 4.72. The van der Waals surface area contributed by atoms with Crippen LogP contribution in [-0.4, -0.2) is 16.3 Å². The van der Waals surface area contributed by atoms with E-state index in [1.165, 1.54) is 25.7 Å². The third-order valence-corrected chi connectivity index (χ3v) is 4.06. The molecule has 2 rings (SSSR count). The molecule has 0 radical (unpaired) electrons. The Kier molecular flexibility index (Phi) is 2.13. The van der Waals surface area contributed by atoms with Gasteiger partial charge >= 0.3 is 5.97 Å². The van der Waals surface area contributed by atoms with Crippen molar-refractivity contribution in [3.8, 4) is 0 Å². The minimum Gasteiger partial charge on any atom is -0.477 e. The van der Waals surface area contributed by atoms with Crippen molar-refractivity contribution >= 4 is 17.7 Å². The van der Waals surface area contributed by atoms with E-state index in [2.05, 4.69) is 0 Å². The van der Waals surface area contributed by atoms with Crippen LogP contribution in [0.5, 0.6) is 0 Å². The first-order valence-electron chi connectivity index (χ1n) is 4.39. The zero-order chi connectivity index (χ0) is 8.55. The molecule has 0 aromatic heterocycles. The first-order chi connectivity index (χ1) is 5.77. The van der Waals surface area contributed by atoms with Gasteiger partial charge in [0.15, 0.2) is 0 Å². The summed E-state index contributed by atoms with van der Waals surface area (Å²) in [6.45, 7) is 0. The maximum Gasteiger partial charge on any atom is 0.341 e. The Labute approximate surface area is 76.0 Å². The molecule has 0 bridgehead atoms. The highest BCUT2D eigenvalue weighted by molar-refractivity contribution is 8.04. The lowest BCUT2D eigenvalue weighted by molar-refractivity contribution is -0.131. The molecule has 12 heavy (non-hydrogen) atoms. The topological polar surface area (TPSA) is 37.3 Å². The maximum atomic E-state index is 10.7. The third kappa shape index (κ3) is 1.38. The second kappa shape index (κ2) is 3.13. The lowest BCUT2D eigenvalue weighted by Gasteiger charge is -2.23. The molecule has 0 aromatic rings. The Hall–Kier alpha value is -0.440. The molecule has 2 nitrogen and oxygen atoms in total. The van der Waals surface area contributed by atoms with Crippen LogP contribution in [0.3, 0.4) is 0 Å². The molecule has 1 saturated carbocycles. The third-order valence-electron chi connectivity index (χ3n) is 2.61. The summed E-state index contributed by atoms with van der Waals surface area (Å²) in [5.41, 5.74) is 0. The van der Waals surface area contributed by atoms with Crippen molar-refractivity contribution in [1.29, 1.82) is 0 Å². The number of aliphatic carboxylic acids is 1. The molecule has 2 unspecified atom stereocenters. The Bertz CT molecular complexity index is 235. The van der Waals surface area contributed by atoms with Crippen LogP contribution < -0.4 is 0 Å². The summed E-state index contributed by atoms with van der Waals surface area (Å²) >= 11 is 1.56. The van der Waals surface area contributed by atoms with E-state index in [1.54, 1.807) is 11.8 Å². The van der Waals surface area contributed by atoms with Crippen LogP contribution in [0.2, 0.25) is 0 Å². The van der Waals surface area contributed by atoms with Gasteiger partial charge in [0, 0.05) is 5.25 Å². The van der Waals surface area contributed by atoms with Crippen LogP contribution in [0.1, 0.15) is 25.7 Å². The highest BCUT2D eigenvalue weighted by Crippen LogP contribution is 2.44. The molecule has 1 aliphatic heterocycles. The van der Waals surface area contributed by atoms with E-state index in [9.17, 15) is 4.79 Å². The van der Waals surface area contributed by atoms with E-state index < -0.39 is 5.97 Å². The molecule has 1 aliphatic carbocycles. The summed E-state index contributed by atoms with van der Waals surface area (Å²) in [6, 6.07) is 0. The monoisotopic (exact) mass is 184 g/mol. The summed E-state index contributed by atoms with van der Waals surface area (Å²) in [5, 5.41) is 9.35. The molecule has 2 aliphatic rings. The van der Waals surface area contributed by atoms with Crippen molar-refractivity contribution in [3.05, 3.63) is 11.0 Å². The quantitative estimate of drug-likeness (QED) is 0.679. The van der Waals surface area contributed by atoms with Crippen molar-refractivity contribution in [1.82, 2.24) is 0 Å². The molecule has 0 saturated heterocycles. The van der Waals surface area contributed by atoms with Crippen molar-refractivity contribution in [2.24, 2.45) is 5.92 Å². The highest BCUT2D eigenvalue weighted by Gasteiger charge is 2.32. The van der Waals surface area contributed by atoms with E-state index in [0.717, 1.165) is 0 Å². The second-order valence-electron chi connectivity index (χ2n) is 3.44. The maximum absolute atomic E-state index is 10.7. The largest absolute Gasteiger partial charge is 0.477 e. The fourth-order valence-corrected chi connectivity index (χ4v) is 3.34. The summed E-state index contributed by atoms with van der Waals surface area (Å²) < 4.78 is 0. The molecule has 1 heterocycles. The summed E-state index contributed by atoms with van der Waals surface area (Å²) in [4.78, 5) is 11.2. The van der Waals surface area contributed by atoms with Gasteiger partial charge in [-0.3, -0.25) is 0 Å². The van der Waals surface area contributed by atoms with Crippen molar-refractivity contribution in [2.75, 3.05) is 0 Å².